The number of benzene rings is 1. The lowest BCUT2D eigenvalue weighted by Gasteiger charge is -2.23. The summed E-state index contributed by atoms with van der Waals surface area (Å²) in [5.74, 6) is 0.873. The molecule has 0 bridgehead atoms. The van der Waals surface area contributed by atoms with Gasteiger partial charge in [-0.3, -0.25) is 4.98 Å². The molecule has 1 aliphatic heterocycles. The van der Waals surface area contributed by atoms with E-state index in [9.17, 15) is 0 Å². The van der Waals surface area contributed by atoms with Gasteiger partial charge in [0.15, 0.2) is 0 Å². The Balaban J connectivity index is 1.89. The summed E-state index contributed by atoms with van der Waals surface area (Å²) in [6, 6.07) is 9.96. The maximum Gasteiger partial charge on any atom is 0.131 e. The van der Waals surface area contributed by atoms with E-state index < -0.39 is 0 Å². The second-order valence-electron chi connectivity index (χ2n) is 5.92. The molecule has 2 heterocycles. The Hall–Kier alpha value is -1.62. The Bertz CT molecular complexity index is 688. The van der Waals surface area contributed by atoms with Gasteiger partial charge >= 0.3 is 0 Å². The summed E-state index contributed by atoms with van der Waals surface area (Å²) in [7, 11) is 0. The third kappa shape index (κ3) is 3.72. The molecule has 4 nitrogen and oxygen atoms in total. The highest BCUT2D eigenvalue weighted by atomic mass is 35.5. The number of likely N-dealkylation sites (N-methyl/N-ethyl adjacent to an activating group) is 1. The van der Waals surface area contributed by atoms with Gasteiger partial charge in [-0.15, -0.1) is 0 Å². The molecule has 1 aromatic heterocycles. The molecule has 0 aliphatic carbocycles. The van der Waals surface area contributed by atoms with Crippen LogP contribution < -0.4 is 10.1 Å². The van der Waals surface area contributed by atoms with Gasteiger partial charge in [0.2, 0.25) is 0 Å². The second-order valence-corrected chi connectivity index (χ2v) is 6.36. The fraction of sp³-hybridized carbons (Fsp3) is 0.421. The average Bonchev–Trinajstić information content (AvgIpc) is 2.76. The van der Waals surface area contributed by atoms with E-state index in [1.54, 1.807) is 0 Å². The Labute approximate surface area is 148 Å². The van der Waals surface area contributed by atoms with E-state index in [-0.39, 0.29) is 6.04 Å². The third-order valence-electron chi connectivity index (χ3n) is 4.55. The monoisotopic (exact) mass is 345 g/mol. The van der Waals surface area contributed by atoms with E-state index in [2.05, 4.69) is 35.1 Å². The van der Waals surface area contributed by atoms with E-state index in [1.807, 2.05) is 30.5 Å². The lowest BCUT2D eigenvalue weighted by Crippen LogP contribution is -2.34. The zero-order valence-electron chi connectivity index (χ0n) is 14.3. The number of rotatable bonds is 6. The summed E-state index contributed by atoms with van der Waals surface area (Å²) in [6.45, 7) is 8.90. The number of nitrogens with one attached hydrogen (secondary N) is 1. The van der Waals surface area contributed by atoms with Crippen LogP contribution in [0.5, 0.6) is 5.75 Å². The second kappa shape index (κ2) is 7.97. The SMILES string of the molecule is CCN(CC)CCNC1c2cc(Cl)ccc2OCc2ncccc21. The van der Waals surface area contributed by atoms with Crippen LogP contribution >= 0.6 is 11.6 Å². The van der Waals surface area contributed by atoms with Gasteiger partial charge in [-0.05, 0) is 42.9 Å². The maximum atomic E-state index is 6.24. The zero-order chi connectivity index (χ0) is 16.9. The molecule has 1 unspecified atom stereocenters. The van der Waals surface area contributed by atoms with Crippen molar-refractivity contribution in [3.63, 3.8) is 0 Å². The third-order valence-corrected chi connectivity index (χ3v) is 4.79. The first-order chi connectivity index (χ1) is 11.7. The number of nitrogens with zero attached hydrogens (tertiary/aromatic N) is 2. The molecular weight excluding hydrogens is 322 g/mol. The van der Waals surface area contributed by atoms with Crippen LogP contribution in [0, 0.1) is 0 Å². The van der Waals surface area contributed by atoms with Crippen molar-refractivity contribution in [1.29, 1.82) is 0 Å². The number of ether oxygens (including phenoxy) is 1. The number of fused-ring (bicyclic) bond motifs is 2. The minimum Gasteiger partial charge on any atom is -0.487 e. The number of halogens is 1. The molecule has 0 saturated heterocycles. The number of hydrogen-bond donors (Lipinski definition) is 1. The average molecular weight is 346 g/mol. The Kier molecular flexibility index (Phi) is 5.72. The molecule has 0 radical (unpaired) electrons. The van der Waals surface area contributed by atoms with E-state index in [4.69, 9.17) is 16.3 Å². The molecule has 24 heavy (non-hydrogen) atoms. The first-order valence-electron chi connectivity index (χ1n) is 8.54. The maximum absolute atomic E-state index is 6.24. The van der Waals surface area contributed by atoms with Crippen LogP contribution in [0.2, 0.25) is 5.02 Å². The van der Waals surface area contributed by atoms with Gasteiger partial charge in [0.25, 0.3) is 0 Å². The Morgan fingerprint density at radius 3 is 2.88 bits per heavy atom. The van der Waals surface area contributed by atoms with Gasteiger partial charge in [-0.1, -0.05) is 31.5 Å². The molecule has 1 atom stereocenters. The summed E-state index contributed by atoms with van der Waals surface area (Å²) in [5, 5.41) is 4.40. The molecule has 0 fully saturated rings. The van der Waals surface area contributed by atoms with Crippen molar-refractivity contribution in [2.75, 3.05) is 26.2 Å². The predicted molar refractivity (Wildman–Crippen MR) is 97.7 cm³/mol. The van der Waals surface area contributed by atoms with Gasteiger partial charge < -0.3 is 15.0 Å². The number of aromatic nitrogens is 1. The quantitative estimate of drug-likeness (QED) is 0.867. The molecule has 1 N–H and O–H groups in total. The minimum atomic E-state index is 0.0421. The lowest BCUT2D eigenvalue weighted by molar-refractivity contribution is 0.297. The normalized spacial score (nSPS) is 16.2. The number of hydrogen-bond acceptors (Lipinski definition) is 4. The highest BCUT2D eigenvalue weighted by Gasteiger charge is 2.25. The smallest absolute Gasteiger partial charge is 0.131 e. The van der Waals surface area contributed by atoms with Crippen molar-refractivity contribution >= 4 is 11.6 Å². The summed E-state index contributed by atoms with van der Waals surface area (Å²) in [6.07, 6.45) is 1.82. The summed E-state index contributed by atoms with van der Waals surface area (Å²) in [5.41, 5.74) is 3.22. The van der Waals surface area contributed by atoms with E-state index in [0.717, 1.165) is 53.8 Å². The van der Waals surface area contributed by atoms with Crippen LogP contribution in [0.15, 0.2) is 36.5 Å². The Morgan fingerprint density at radius 1 is 1.25 bits per heavy atom. The molecular formula is C19H24ClN3O. The van der Waals surface area contributed by atoms with Crippen LogP contribution in [-0.4, -0.2) is 36.1 Å². The zero-order valence-corrected chi connectivity index (χ0v) is 15.0. The van der Waals surface area contributed by atoms with Gasteiger partial charge in [0.05, 0.1) is 11.7 Å². The van der Waals surface area contributed by atoms with Crippen molar-refractivity contribution in [3.05, 3.63) is 58.4 Å². The topological polar surface area (TPSA) is 37.4 Å². The fourth-order valence-corrected chi connectivity index (χ4v) is 3.33. The van der Waals surface area contributed by atoms with E-state index in [0.29, 0.717) is 6.61 Å². The number of pyridine rings is 1. The van der Waals surface area contributed by atoms with Crippen molar-refractivity contribution in [2.24, 2.45) is 0 Å². The van der Waals surface area contributed by atoms with Crippen LogP contribution in [0.4, 0.5) is 0 Å². The van der Waals surface area contributed by atoms with Gasteiger partial charge in [-0.25, -0.2) is 0 Å². The lowest BCUT2D eigenvalue weighted by atomic mass is 9.97. The van der Waals surface area contributed by atoms with Gasteiger partial charge in [-0.2, -0.15) is 0 Å². The highest BCUT2D eigenvalue weighted by molar-refractivity contribution is 6.30. The first kappa shape index (κ1) is 17.2. The Morgan fingerprint density at radius 2 is 2.08 bits per heavy atom. The summed E-state index contributed by atoms with van der Waals surface area (Å²) in [4.78, 5) is 6.91. The van der Waals surface area contributed by atoms with Crippen LogP contribution in [-0.2, 0) is 6.61 Å². The largest absolute Gasteiger partial charge is 0.487 e. The fourth-order valence-electron chi connectivity index (χ4n) is 3.15. The van der Waals surface area contributed by atoms with Crippen molar-refractivity contribution in [2.45, 2.75) is 26.5 Å². The van der Waals surface area contributed by atoms with Crippen LogP contribution in [0.3, 0.4) is 0 Å². The molecule has 0 amide bonds. The molecule has 128 valence electrons. The van der Waals surface area contributed by atoms with E-state index in [1.165, 1.54) is 0 Å². The van der Waals surface area contributed by atoms with Crippen molar-refractivity contribution in [3.8, 4) is 5.75 Å². The molecule has 0 saturated carbocycles. The van der Waals surface area contributed by atoms with Crippen molar-refractivity contribution < 1.29 is 4.74 Å². The predicted octanol–water partition coefficient (Wildman–Crippen LogP) is 3.65. The summed E-state index contributed by atoms with van der Waals surface area (Å²) >= 11 is 6.24. The standard InChI is InChI=1S/C19H24ClN3O/c1-3-23(4-2)11-10-22-19-15-6-5-9-21-17(15)13-24-18-8-7-14(20)12-16(18)19/h5-9,12,19,22H,3-4,10-11,13H2,1-2H3. The van der Waals surface area contributed by atoms with Gasteiger partial charge in [0.1, 0.15) is 12.4 Å². The summed E-state index contributed by atoms with van der Waals surface area (Å²) < 4.78 is 5.96. The van der Waals surface area contributed by atoms with E-state index >= 15 is 0 Å². The minimum absolute atomic E-state index is 0.0421. The van der Waals surface area contributed by atoms with Gasteiger partial charge in [0, 0.05) is 29.9 Å². The van der Waals surface area contributed by atoms with Crippen LogP contribution in [0.1, 0.15) is 36.7 Å². The molecule has 1 aromatic carbocycles. The first-order valence-corrected chi connectivity index (χ1v) is 8.92. The molecule has 3 rings (SSSR count). The molecule has 0 spiro atoms. The highest BCUT2D eigenvalue weighted by Crippen LogP contribution is 2.36. The molecule has 5 heteroatoms. The molecule has 1 aliphatic rings. The van der Waals surface area contributed by atoms with Crippen molar-refractivity contribution in [1.82, 2.24) is 15.2 Å². The van der Waals surface area contributed by atoms with Crippen LogP contribution in [0.25, 0.3) is 0 Å². The molecule has 2 aromatic rings.